The smallest absolute Gasteiger partial charge is 0.217 e. The van der Waals surface area contributed by atoms with Crippen LogP contribution in [0, 0.1) is 5.92 Å². The molecular formula is C11H26N2O3S. The van der Waals surface area contributed by atoms with Crippen LogP contribution in [0.15, 0.2) is 0 Å². The second kappa shape index (κ2) is 6.68. The molecule has 0 rings (SSSR count). The summed E-state index contributed by atoms with van der Waals surface area (Å²) in [6.07, 6.45) is 0.711. The van der Waals surface area contributed by atoms with E-state index in [1.54, 1.807) is 6.92 Å². The molecule has 0 aromatic carbocycles. The zero-order valence-corrected chi connectivity index (χ0v) is 12.3. The van der Waals surface area contributed by atoms with E-state index in [-0.39, 0.29) is 13.2 Å². The van der Waals surface area contributed by atoms with Crippen molar-refractivity contribution in [2.75, 3.05) is 20.3 Å². The van der Waals surface area contributed by atoms with Gasteiger partial charge < -0.3 is 10.5 Å². The molecule has 0 aliphatic rings. The second-order valence-electron chi connectivity index (χ2n) is 5.28. The number of hydrogen-bond donors (Lipinski definition) is 2. The predicted octanol–water partition coefficient (Wildman–Crippen LogP) is 0.704. The molecule has 0 heterocycles. The normalized spacial score (nSPS) is 18.1. The third-order valence-corrected chi connectivity index (χ3v) is 4.60. The summed E-state index contributed by atoms with van der Waals surface area (Å²) < 4.78 is 31.6. The van der Waals surface area contributed by atoms with Crippen LogP contribution in [0.25, 0.3) is 0 Å². The van der Waals surface area contributed by atoms with Gasteiger partial charge in [0.25, 0.3) is 0 Å². The van der Waals surface area contributed by atoms with Gasteiger partial charge in [0.1, 0.15) is 0 Å². The number of sulfonamides is 1. The molecule has 0 fully saturated rings. The molecule has 0 spiro atoms. The first-order chi connectivity index (χ1) is 7.67. The SMILES string of the molecule is COCC(C)S(=O)(=O)NC(C)(CN)CC(C)C. The van der Waals surface area contributed by atoms with Crippen LogP contribution in [-0.2, 0) is 14.8 Å². The fraction of sp³-hybridized carbons (Fsp3) is 1.00. The van der Waals surface area contributed by atoms with Crippen LogP contribution < -0.4 is 10.5 Å². The largest absolute Gasteiger partial charge is 0.383 e. The predicted molar refractivity (Wildman–Crippen MR) is 70.3 cm³/mol. The first kappa shape index (κ1) is 16.8. The standard InChI is InChI=1S/C11H26N2O3S/c1-9(2)6-11(4,8-12)13-17(14,15)10(3)7-16-5/h9-10,13H,6-8,12H2,1-5H3. The summed E-state index contributed by atoms with van der Waals surface area (Å²) in [6, 6.07) is 0. The molecule has 5 nitrogen and oxygen atoms in total. The number of ether oxygens (including phenoxy) is 1. The van der Waals surface area contributed by atoms with Crippen molar-refractivity contribution in [1.82, 2.24) is 4.72 Å². The van der Waals surface area contributed by atoms with E-state index in [2.05, 4.69) is 4.72 Å². The maximum Gasteiger partial charge on any atom is 0.217 e. The molecule has 0 saturated heterocycles. The number of hydrogen-bond acceptors (Lipinski definition) is 4. The molecule has 2 atom stereocenters. The van der Waals surface area contributed by atoms with Gasteiger partial charge in [0.05, 0.1) is 11.9 Å². The zero-order valence-electron chi connectivity index (χ0n) is 11.5. The summed E-state index contributed by atoms with van der Waals surface area (Å²) in [6.45, 7) is 8.01. The van der Waals surface area contributed by atoms with Crippen molar-refractivity contribution in [3.05, 3.63) is 0 Å². The molecule has 0 radical (unpaired) electrons. The third kappa shape index (κ3) is 5.81. The molecule has 0 saturated carbocycles. The Morgan fingerprint density at radius 1 is 1.35 bits per heavy atom. The summed E-state index contributed by atoms with van der Waals surface area (Å²) in [5.41, 5.74) is 5.09. The zero-order chi connectivity index (χ0) is 13.7. The van der Waals surface area contributed by atoms with Crippen LogP contribution in [0.1, 0.15) is 34.1 Å². The lowest BCUT2D eigenvalue weighted by molar-refractivity contribution is 0.199. The van der Waals surface area contributed by atoms with Gasteiger partial charge in [0, 0.05) is 19.2 Å². The van der Waals surface area contributed by atoms with Crippen LogP contribution in [-0.4, -0.2) is 39.5 Å². The van der Waals surface area contributed by atoms with E-state index in [0.717, 1.165) is 0 Å². The van der Waals surface area contributed by atoms with Gasteiger partial charge >= 0.3 is 0 Å². The van der Waals surface area contributed by atoms with Crippen molar-refractivity contribution in [2.24, 2.45) is 11.7 Å². The van der Waals surface area contributed by atoms with E-state index < -0.39 is 20.8 Å². The molecule has 0 aliphatic heterocycles. The van der Waals surface area contributed by atoms with Crippen LogP contribution in [0.2, 0.25) is 0 Å². The Morgan fingerprint density at radius 2 is 1.88 bits per heavy atom. The second-order valence-corrected chi connectivity index (χ2v) is 7.37. The first-order valence-corrected chi connectivity index (χ1v) is 7.43. The van der Waals surface area contributed by atoms with Crippen molar-refractivity contribution in [3.8, 4) is 0 Å². The monoisotopic (exact) mass is 266 g/mol. The minimum atomic E-state index is -3.39. The molecule has 0 bridgehead atoms. The summed E-state index contributed by atoms with van der Waals surface area (Å²) in [4.78, 5) is 0. The van der Waals surface area contributed by atoms with Crippen molar-refractivity contribution >= 4 is 10.0 Å². The van der Waals surface area contributed by atoms with Crippen LogP contribution in [0.4, 0.5) is 0 Å². The quantitative estimate of drug-likeness (QED) is 0.678. The van der Waals surface area contributed by atoms with Gasteiger partial charge in [-0.05, 0) is 26.2 Å². The van der Waals surface area contributed by atoms with Gasteiger partial charge in [-0.1, -0.05) is 13.8 Å². The van der Waals surface area contributed by atoms with Gasteiger partial charge in [0.2, 0.25) is 10.0 Å². The Morgan fingerprint density at radius 3 is 2.24 bits per heavy atom. The molecule has 0 amide bonds. The van der Waals surface area contributed by atoms with E-state index in [4.69, 9.17) is 10.5 Å². The summed E-state index contributed by atoms with van der Waals surface area (Å²) >= 11 is 0. The number of methoxy groups -OCH3 is 1. The summed E-state index contributed by atoms with van der Waals surface area (Å²) in [5.74, 6) is 0.379. The number of nitrogens with one attached hydrogen (secondary N) is 1. The van der Waals surface area contributed by atoms with E-state index >= 15 is 0 Å². The first-order valence-electron chi connectivity index (χ1n) is 5.88. The van der Waals surface area contributed by atoms with E-state index in [9.17, 15) is 8.42 Å². The molecule has 2 unspecified atom stereocenters. The highest BCUT2D eigenvalue weighted by Crippen LogP contribution is 2.17. The van der Waals surface area contributed by atoms with Gasteiger partial charge in [0.15, 0.2) is 0 Å². The van der Waals surface area contributed by atoms with Gasteiger partial charge in [-0.25, -0.2) is 13.1 Å². The fourth-order valence-electron chi connectivity index (χ4n) is 1.84. The molecule has 0 aromatic rings. The van der Waals surface area contributed by atoms with E-state index in [1.165, 1.54) is 7.11 Å². The molecule has 17 heavy (non-hydrogen) atoms. The Kier molecular flexibility index (Phi) is 6.61. The lowest BCUT2D eigenvalue weighted by Crippen LogP contribution is -2.54. The topological polar surface area (TPSA) is 81.4 Å². The highest BCUT2D eigenvalue weighted by molar-refractivity contribution is 7.90. The number of rotatable bonds is 8. The number of nitrogens with two attached hydrogens (primary N) is 1. The summed E-state index contributed by atoms with van der Waals surface area (Å²) in [7, 11) is -1.90. The Hall–Kier alpha value is -0.170. The van der Waals surface area contributed by atoms with Gasteiger partial charge in [-0.3, -0.25) is 0 Å². The molecule has 3 N–H and O–H groups in total. The highest BCUT2D eigenvalue weighted by Gasteiger charge is 2.32. The van der Waals surface area contributed by atoms with Crippen LogP contribution in [0.3, 0.4) is 0 Å². The minimum Gasteiger partial charge on any atom is -0.383 e. The highest BCUT2D eigenvalue weighted by atomic mass is 32.2. The maximum atomic E-state index is 12.0. The molecular weight excluding hydrogens is 240 g/mol. The van der Waals surface area contributed by atoms with Crippen molar-refractivity contribution in [2.45, 2.75) is 44.9 Å². The van der Waals surface area contributed by atoms with Gasteiger partial charge in [-0.2, -0.15) is 0 Å². The molecule has 6 heteroatoms. The maximum absolute atomic E-state index is 12.0. The average molecular weight is 266 g/mol. The molecule has 0 aliphatic carbocycles. The van der Waals surface area contributed by atoms with Crippen molar-refractivity contribution < 1.29 is 13.2 Å². The van der Waals surface area contributed by atoms with Gasteiger partial charge in [-0.15, -0.1) is 0 Å². The molecule has 0 aromatic heterocycles. The van der Waals surface area contributed by atoms with Crippen molar-refractivity contribution in [3.63, 3.8) is 0 Å². The Balaban J connectivity index is 4.77. The lowest BCUT2D eigenvalue weighted by Gasteiger charge is -2.32. The van der Waals surface area contributed by atoms with Crippen LogP contribution in [0.5, 0.6) is 0 Å². The fourth-order valence-corrected chi connectivity index (χ4v) is 3.21. The summed E-state index contributed by atoms with van der Waals surface area (Å²) in [5, 5.41) is -0.578. The Bertz CT molecular complexity index is 317. The Labute approximate surface area is 105 Å². The lowest BCUT2D eigenvalue weighted by atomic mass is 9.92. The van der Waals surface area contributed by atoms with E-state index in [0.29, 0.717) is 12.3 Å². The van der Waals surface area contributed by atoms with Crippen molar-refractivity contribution in [1.29, 1.82) is 0 Å². The minimum absolute atomic E-state index is 0.178. The van der Waals surface area contributed by atoms with E-state index in [1.807, 2.05) is 20.8 Å². The molecule has 104 valence electrons. The van der Waals surface area contributed by atoms with Crippen LogP contribution >= 0.6 is 0 Å². The third-order valence-electron chi connectivity index (χ3n) is 2.63. The average Bonchev–Trinajstić information content (AvgIpc) is 2.16.